The molecule has 0 unspecified atom stereocenters. The van der Waals surface area contributed by atoms with Gasteiger partial charge in [-0.05, 0) is 68.6 Å². The van der Waals surface area contributed by atoms with Crippen molar-refractivity contribution in [3.63, 3.8) is 0 Å². The summed E-state index contributed by atoms with van der Waals surface area (Å²) in [5.41, 5.74) is 7.24. The highest BCUT2D eigenvalue weighted by Crippen LogP contribution is 2.28. The first kappa shape index (κ1) is 18.7. The van der Waals surface area contributed by atoms with Crippen molar-refractivity contribution in [2.24, 2.45) is 0 Å². The van der Waals surface area contributed by atoms with Crippen molar-refractivity contribution in [2.75, 3.05) is 19.6 Å². The number of benzene rings is 2. The molecule has 1 aliphatic rings. The molecule has 1 fully saturated rings. The lowest BCUT2D eigenvalue weighted by Crippen LogP contribution is -2.24. The highest BCUT2D eigenvalue weighted by atomic mass is 16.5. The summed E-state index contributed by atoms with van der Waals surface area (Å²) >= 11 is 0. The molecule has 4 rings (SSSR count). The van der Waals surface area contributed by atoms with Crippen LogP contribution in [0.25, 0.3) is 10.9 Å². The highest BCUT2D eigenvalue weighted by molar-refractivity contribution is 5.93. The van der Waals surface area contributed by atoms with Gasteiger partial charge in [0.05, 0.1) is 0 Å². The van der Waals surface area contributed by atoms with Crippen molar-refractivity contribution in [2.45, 2.75) is 32.7 Å². The summed E-state index contributed by atoms with van der Waals surface area (Å²) in [5.74, 6) is -0.485. The number of carbonyl (C=O) groups is 1. The van der Waals surface area contributed by atoms with Gasteiger partial charge < -0.3 is 9.47 Å². The number of hydroxylamine groups is 1. The predicted molar refractivity (Wildman–Crippen MR) is 111 cm³/mol. The molecule has 1 amide bonds. The molecule has 0 spiro atoms. The number of hydrogen-bond donors (Lipinski definition) is 2. The molecule has 5 heteroatoms. The Kier molecular flexibility index (Phi) is 5.46. The first-order valence-electron chi connectivity index (χ1n) is 10.00. The van der Waals surface area contributed by atoms with Gasteiger partial charge in [-0.15, -0.1) is 0 Å². The predicted octanol–water partition coefficient (Wildman–Crippen LogP) is 3.76. The normalized spacial score (nSPS) is 14.6. The highest BCUT2D eigenvalue weighted by Gasteiger charge is 2.16. The van der Waals surface area contributed by atoms with Gasteiger partial charge in [0.15, 0.2) is 0 Å². The van der Waals surface area contributed by atoms with E-state index in [4.69, 9.17) is 5.21 Å². The van der Waals surface area contributed by atoms with Crippen molar-refractivity contribution >= 4 is 16.8 Å². The van der Waals surface area contributed by atoms with E-state index >= 15 is 0 Å². The molecule has 0 aliphatic carbocycles. The number of carbonyl (C=O) groups excluding carboxylic acids is 1. The number of hydrogen-bond acceptors (Lipinski definition) is 3. The van der Waals surface area contributed by atoms with E-state index < -0.39 is 5.91 Å². The first-order valence-corrected chi connectivity index (χ1v) is 10.00. The van der Waals surface area contributed by atoms with E-state index in [0.29, 0.717) is 5.56 Å². The topological polar surface area (TPSA) is 57.5 Å². The fourth-order valence-electron chi connectivity index (χ4n) is 4.30. The average molecular weight is 377 g/mol. The zero-order valence-corrected chi connectivity index (χ0v) is 16.3. The summed E-state index contributed by atoms with van der Waals surface area (Å²) < 4.78 is 2.45. The maximum Gasteiger partial charge on any atom is 0.274 e. The van der Waals surface area contributed by atoms with Crippen LogP contribution in [0.2, 0.25) is 0 Å². The Balaban J connectivity index is 1.61. The Labute approximate surface area is 165 Å². The van der Waals surface area contributed by atoms with Gasteiger partial charge in [-0.1, -0.05) is 30.3 Å². The minimum absolute atomic E-state index is 0.455. The van der Waals surface area contributed by atoms with E-state index in [2.05, 4.69) is 40.7 Å². The Morgan fingerprint density at radius 1 is 1.04 bits per heavy atom. The molecule has 0 saturated carbocycles. The molecule has 5 nitrogen and oxygen atoms in total. The molecule has 146 valence electrons. The largest absolute Gasteiger partial charge is 0.343 e. The fourth-order valence-corrected chi connectivity index (χ4v) is 4.30. The molecular weight excluding hydrogens is 350 g/mol. The van der Waals surface area contributed by atoms with Crippen molar-refractivity contribution in [3.8, 4) is 0 Å². The molecule has 0 bridgehead atoms. The molecule has 2 heterocycles. The van der Waals surface area contributed by atoms with Gasteiger partial charge in [-0.2, -0.15) is 0 Å². The van der Waals surface area contributed by atoms with E-state index in [1.165, 1.54) is 48.1 Å². The fraction of sp³-hybridized carbons (Fsp3) is 0.348. The number of para-hydroxylation sites is 1. The third-order valence-corrected chi connectivity index (χ3v) is 5.90. The van der Waals surface area contributed by atoms with Crippen LogP contribution >= 0.6 is 0 Å². The second-order valence-electron chi connectivity index (χ2n) is 7.60. The van der Waals surface area contributed by atoms with E-state index in [9.17, 15) is 4.79 Å². The molecule has 28 heavy (non-hydrogen) atoms. The summed E-state index contributed by atoms with van der Waals surface area (Å²) in [7, 11) is 0. The molecular formula is C23H27N3O2. The summed E-state index contributed by atoms with van der Waals surface area (Å²) in [6.45, 7) is 6.77. The van der Waals surface area contributed by atoms with E-state index in [1.807, 2.05) is 12.1 Å². The van der Waals surface area contributed by atoms with Crippen LogP contribution in [-0.2, 0) is 13.0 Å². The minimum atomic E-state index is -0.485. The van der Waals surface area contributed by atoms with Crippen LogP contribution in [0.15, 0.2) is 48.5 Å². The average Bonchev–Trinajstić information content (AvgIpc) is 3.34. The number of nitrogens with one attached hydrogen (secondary N) is 1. The Morgan fingerprint density at radius 3 is 2.46 bits per heavy atom. The third kappa shape index (κ3) is 3.68. The summed E-state index contributed by atoms with van der Waals surface area (Å²) in [5, 5.41) is 10.1. The van der Waals surface area contributed by atoms with Crippen LogP contribution in [0.4, 0.5) is 0 Å². The summed E-state index contributed by atoms with van der Waals surface area (Å²) in [6.07, 6.45) is 3.46. The van der Waals surface area contributed by atoms with Gasteiger partial charge >= 0.3 is 0 Å². The minimum Gasteiger partial charge on any atom is -0.343 e. The number of aromatic nitrogens is 1. The zero-order valence-electron chi connectivity index (χ0n) is 16.3. The van der Waals surface area contributed by atoms with Gasteiger partial charge in [0.1, 0.15) is 0 Å². The molecule has 0 radical (unpaired) electrons. The van der Waals surface area contributed by atoms with Crippen LogP contribution in [0, 0.1) is 6.92 Å². The van der Waals surface area contributed by atoms with Gasteiger partial charge in [0, 0.05) is 35.2 Å². The maximum atomic E-state index is 11.5. The van der Waals surface area contributed by atoms with Crippen LogP contribution in [0.5, 0.6) is 0 Å². The monoisotopic (exact) mass is 377 g/mol. The van der Waals surface area contributed by atoms with Crippen molar-refractivity contribution in [1.29, 1.82) is 0 Å². The van der Waals surface area contributed by atoms with E-state index in [-0.39, 0.29) is 0 Å². The Hall–Kier alpha value is -2.63. The van der Waals surface area contributed by atoms with Gasteiger partial charge in [-0.3, -0.25) is 10.0 Å². The van der Waals surface area contributed by atoms with E-state index in [1.54, 1.807) is 17.6 Å². The lowest BCUT2D eigenvalue weighted by molar-refractivity contribution is 0.0706. The number of fused-ring (bicyclic) bond motifs is 1. The second kappa shape index (κ2) is 8.17. The van der Waals surface area contributed by atoms with Crippen molar-refractivity contribution < 1.29 is 10.0 Å². The molecule has 2 aromatic carbocycles. The molecule has 1 aromatic heterocycles. The lowest BCUT2D eigenvalue weighted by Gasteiger charge is -2.16. The van der Waals surface area contributed by atoms with E-state index in [0.717, 1.165) is 25.1 Å². The summed E-state index contributed by atoms with van der Waals surface area (Å²) in [6, 6.07) is 16.1. The Bertz CT molecular complexity index is 969. The quantitative estimate of drug-likeness (QED) is 0.508. The van der Waals surface area contributed by atoms with Gasteiger partial charge in [0.25, 0.3) is 5.91 Å². The van der Waals surface area contributed by atoms with Crippen LogP contribution in [-0.4, -0.2) is 40.2 Å². The number of nitrogens with zero attached hydrogens (tertiary/aromatic N) is 2. The number of rotatable bonds is 6. The standard InChI is InChI=1S/C23H27N3O2/c1-17-21(16-18-8-10-19(11-9-18)23(27)24-28)20-6-2-3-7-22(20)26(17)15-14-25-12-4-5-13-25/h2-3,6-11,28H,4-5,12-16H2,1H3,(H,24,27). The SMILES string of the molecule is Cc1c(Cc2ccc(C(=O)NO)cc2)c2ccccc2n1CCN1CCCC1. The second-order valence-corrected chi connectivity index (χ2v) is 7.60. The zero-order chi connectivity index (χ0) is 19.5. The lowest BCUT2D eigenvalue weighted by atomic mass is 10.0. The van der Waals surface area contributed by atoms with Crippen LogP contribution in [0.3, 0.4) is 0 Å². The molecule has 3 aromatic rings. The third-order valence-electron chi connectivity index (χ3n) is 5.90. The van der Waals surface area contributed by atoms with Crippen molar-refractivity contribution in [1.82, 2.24) is 14.9 Å². The number of likely N-dealkylation sites (tertiary alicyclic amines) is 1. The molecule has 0 atom stereocenters. The molecule has 2 N–H and O–H groups in total. The number of amides is 1. The van der Waals surface area contributed by atoms with Gasteiger partial charge in [-0.25, -0.2) is 5.48 Å². The Morgan fingerprint density at radius 2 is 1.75 bits per heavy atom. The van der Waals surface area contributed by atoms with Crippen LogP contribution in [0.1, 0.15) is 40.0 Å². The smallest absolute Gasteiger partial charge is 0.274 e. The summed E-state index contributed by atoms with van der Waals surface area (Å²) in [4.78, 5) is 14.1. The van der Waals surface area contributed by atoms with Crippen molar-refractivity contribution in [3.05, 3.63) is 70.9 Å². The van der Waals surface area contributed by atoms with Crippen LogP contribution < -0.4 is 5.48 Å². The maximum absolute atomic E-state index is 11.5. The molecule has 1 aliphatic heterocycles. The van der Waals surface area contributed by atoms with Gasteiger partial charge in [0.2, 0.25) is 0 Å². The molecule has 1 saturated heterocycles. The first-order chi connectivity index (χ1) is 13.7.